The average Bonchev–Trinajstić information content (AvgIpc) is 2.32. The first kappa shape index (κ1) is 15.9. The van der Waals surface area contributed by atoms with Gasteiger partial charge in [0.1, 0.15) is 0 Å². The highest BCUT2D eigenvalue weighted by Gasteiger charge is 2.17. The molecule has 0 amide bonds. The topological polar surface area (TPSA) is 39.2 Å². The maximum atomic E-state index is 10.1. The van der Waals surface area contributed by atoms with Crippen molar-refractivity contribution < 1.29 is 9.84 Å². The van der Waals surface area contributed by atoms with Gasteiger partial charge in [0.25, 0.3) is 0 Å². The first-order valence-electron chi connectivity index (χ1n) is 6.97. The maximum Gasteiger partial charge on any atom is 0.0793 e. The minimum atomic E-state index is -0.264. The van der Waals surface area contributed by atoms with Crippen LogP contribution in [0.4, 0.5) is 0 Å². The Morgan fingerprint density at radius 1 is 1.28 bits per heavy atom. The van der Waals surface area contributed by atoms with E-state index in [0.29, 0.717) is 0 Å². The summed E-state index contributed by atoms with van der Waals surface area (Å²) in [6, 6.07) is 0. The zero-order valence-electron chi connectivity index (χ0n) is 12.1. The molecule has 18 heavy (non-hydrogen) atoms. The quantitative estimate of drug-likeness (QED) is 0.599. The summed E-state index contributed by atoms with van der Waals surface area (Å²) >= 11 is 0. The third kappa shape index (κ3) is 6.66. The molecule has 0 spiro atoms. The molecule has 1 fully saturated rings. The Balaban J connectivity index is 2.10. The molecule has 1 unspecified atom stereocenters. The van der Waals surface area contributed by atoms with Crippen LogP contribution in [-0.2, 0) is 4.74 Å². The van der Waals surface area contributed by atoms with Crippen LogP contribution in [0.5, 0.6) is 0 Å². The Kier molecular flexibility index (Phi) is 7.77. The predicted octanol–water partition coefficient (Wildman–Crippen LogP) is -0.437. The number of hydrogen-bond donors (Lipinski definition) is 1. The largest absolute Gasteiger partial charge is 0.390 e. The molecule has 108 valence electrons. The molecule has 5 heteroatoms. The van der Waals surface area contributed by atoms with Gasteiger partial charge in [0.05, 0.1) is 12.7 Å². The number of aliphatic hydroxyl groups is 1. The number of nitrogens with zero attached hydrogens (tertiary/aromatic N) is 3. The van der Waals surface area contributed by atoms with Gasteiger partial charge in [-0.1, -0.05) is 0 Å². The van der Waals surface area contributed by atoms with Crippen LogP contribution in [0.3, 0.4) is 0 Å². The first-order chi connectivity index (χ1) is 8.61. The van der Waals surface area contributed by atoms with Crippen molar-refractivity contribution in [2.24, 2.45) is 0 Å². The summed E-state index contributed by atoms with van der Waals surface area (Å²) in [6.07, 6.45) is -0.264. The molecule has 1 heterocycles. The number of ether oxygens (including phenoxy) is 1. The van der Waals surface area contributed by atoms with E-state index >= 15 is 0 Å². The van der Waals surface area contributed by atoms with Crippen LogP contribution in [0.2, 0.25) is 0 Å². The Morgan fingerprint density at radius 3 is 2.56 bits per heavy atom. The molecular weight excluding hydrogens is 230 g/mol. The van der Waals surface area contributed by atoms with E-state index < -0.39 is 0 Å². The summed E-state index contributed by atoms with van der Waals surface area (Å²) in [4.78, 5) is 6.81. The van der Waals surface area contributed by atoms with Gasteiger partial charge in [-0.3, -0.25) is 4.90 Å². The van der Waals surface area contributed by atoms with Gasteiger partial charge in [0.2, 0.25) is 0 Å². The second-order valence-electron chi connectivity index (χ2n) is 5.22. The van der Waals surface area contributed by atoms with Crippen LogP contribution in [0, 0.1) is 0 Å². The fourth-order valence-corrected chi connectivity index (χ4v) is 2.20. The highest BCUT2D eigenvalue weighted by atomic mass is 16.5. The molecule has 1 aliphatic rings. The number of aliphatic hydroxyl groups excluding tert-OH is 1. The van der Waals surface area contributed by atoms with E-state index in [2.05, 4.69) is 21.7 Å². The lowest BCUT2D eigenvalue weighted by molar-refractivity contribution is 0.0514. The van der Waals surface area contributed by atoms with E-state index in [4.69, 9.17) is 4.74 Å². The zero-order chi connectivity index (χ0) is 13.4. The highest BCUT2D eigenvalue weighted by molar-refractivity contribution is 4.73. The average molecular weight is 259 g/mol. The predicted molar refractivity (Wildman–Crippen MR) is 73.9 cm³/mol. The molecule has 0 aliphatic carbocycles. The molecule has 0 radical (unpaired) electrons. The van der Waals surface area contributed by atoms with E-state index in [-0.39, 0.29) is 6.10 Å². The normalized spacial score (nSPS) is 20.5. The second kappa shape index (κ2) is 8.82. The van der Waals surface area contributed by atoms with Crippen molar-refractivity contribution in [2.75, 3.05) is 73.1 Å². The number of hydrogen-bond acceptors (Lipinski definition) is 5. The second-order valence-corrected chi connectivity index (χ2v) is 5.22. The first-order valence-corrected chi connectivity index (χ1v) is 6.97. The molecule has 1 atom stereocenters. The minimum Gasteiger partial charge on any atom is -0.390 e. The molecule has 0 saturated carbocycles. The van der Waals surface area contributed by atoms with E-state index in [9.17, 15) is 5.11 Å². The fourth-order valence-electron chi connectivity index (χ4n) is 2.20. The Hall–Kier alpha value is -0.200. The number of β-amino-alcohol motifs (C(OH)–C–C–N with tert-alkyl or cyclic N) is 1. The molecule has 1 saturated heterocycles. The van der Waals surface area contributed by atoms with Gasteiger partial charge >= 0.3 is 0 Å². The van der Waals surface area contributed by atoms with Crippen molar-refractivity contribution in [3.63, 3.8) is 0 Å². The van der Waals surface area contributed by atoms with Gasteiger partial charge in [-0.15, -0.1) is 0 Å². The fraction of sp³-hybridized carbons (Fsp3) is 1.00. The van der Waals surface area contributed by atoms with Crippen LogP contribution in [0.1, 0.15) is 6.92 Å². The van der Waals surface area contributed by atoms with Crippen molar-refractivity contribution in [3.8, 4) is 0 Å². The molecule has 0 aromatic rings. The Bertz CT molecular complexity index is 208. The Labute approximate surface area is 111 Å². The molecule has 1 N–H and O–H groups in total. The summed E-state index contributed by atoms with van der Waals surface area (Å²) in [5.74, 6) is 0. The van der Waals surface area contributed by atoms with Gasteiger partial charge in [0.15, 0.2) is 0 Å². The van der Waals surface area contributed by atoms with E-state index in [1.807, 2.05) is 14.0 Å². The molecule has 0 bridgehead atoms. The third-order valence-corrected chi connectivity index (χ3v) is 3.41. The molecule has 1 rings (SSSR count). The summed E-state index contributed by atoms with van der Waals surface area (Å²) in [5.41, 5.74) is 0. The van der Waals surface area contributed by atoms with Crippen molar-refractivity contribution in [1.82, 2.24) is 14.7 Å². The van der Waals surface area contributed by atoms with Crippen molar-refractivity contribution in [1.29, 1.82) is 0 Å². The lowest BCUT2D eigenvalue weighted by Gasteiger charge is -2.34. The zero-order valence-corrected chi connectivity index (χ0v) is 12.1. The smallest absolute Gasteiger partial charge is 0.0793 e. The van der Waals surface area contributed by atoms with Gasteiger partial charge < -0.3 is 19.6 Å². The minimum absolute atomic E-state index is 0.264. The van der Waals surface area contributed by atoms with E-state index in [0.717, 1.165) is 59.0 Å². The van der Waals surface area contributed by atoms with Crippen molar-refractivity contribution in [3.05, 3.63) is 0 Å². The van der Waals surface area contributed by atoms with Crippen LogP contribution in [-0.4, -0.2) is 99.0 Å². The standard InChI is InChI=1S/C13H29N3O2/c1-4-18-10-9-15(3)11-13(17)12-16-7-5-14(2)6-8-16/h13,17H,4-12H2,1-3H3. The molecule has 0 aromatic heterocycles. The van der Waals surface area contributed by atoms with Crippen LogP contribution in [0.25, 0.3) is 0 Å². The Morgan fingerprint density at radius 2 is 1.94 bits per heavy atom. The lowest BCUT2D eigenvalue weighted by atomic mass is 10.2. The molecule has 0 aromatic carbocycles. The maximum absolute atomic E-state index is 10.1. The van der Waals surface area contributed by atoms with Crippen LogP contribution >= 0.6 is 0 Å². The number of likely N-dealkylation sites (N-methyl/N-ethyl adjacent to an activating group) is 2. The highest BCUT2D eigenvalue weighted by Crippen LogP contribution is 2.01. The van der Waals surface area contributed by atoms with E-state index in [1.165, 1.54) is 0 Å². The monoisotopic (exact) mass is 259 g/mol. The van der Waals surface area contributed by atoms with Crippen molar-refractivity contribution >= 4 is 0 Å². The van der Waals surface area contributed by atoms with Crippen molar-refractivity contribution in [2.45, 2.75) is 13.0 Å². The molecule has 5 nitrogen and oxygen atoms in total. The van der Waals surface area contributed by atoms with Gasteiger partial charge in [0, 0.05) is 52.4 Å². The molecule has 1 aliphatic heterocycles. The molecular formula is C13H29N3O2. The summed E-state index contributed by atoms with van der Waals surface area (Å²) < 4.78 is 5.31. The van der Waals surface area contributed by atoms with Gasteiger partial charge in [-0.05, 0) is 21.0 Å². The number of piperazine rings is 1. The van der Waals surface area contributed by atoms with Gasteiger partial charge in [-0.25, -0.2) is 0 Å². The summed E-state index contributed by atoms with van der Waals surface area (Å²) in [6.45, 7) is 10.2. The van der Waals surface area contributed by atoms with Crippen LogP contribution < -0.4 is 0 Å². The third-order valence-electron chi connectivity index (χ3n) is 3.41. The van der Waals surface area contributed by atoms with Crippen LogP contribution in [0.15, 0.2) is 0 Å². The van der Waals surface area contributed by atoms with E-state index in [1.54, 1.807) is 0 Å². The summed E-state index contributed by atoms with van der Waals surface area (Å²) in [7, 11) is 4.18. The van der Waals surface area contributed by atoms with Gasteiger partial charge in [-0.2, -0.15) is 0 Å². The summed E-state index contributed by atoms with van der Waals surface area (Å²) in [5, 5.41) is 10.1. The lowest BCUT2D eigenvalue weighted by Crippen LogP contribution is -2.48. The number of rotatable bonds is 8. The SMILES string of the molecule is CCOCCN(C)CC(O)CN1CCN(C)CC1.